The lowest BCUT2D eigenvalue weighted by molar-refractivity contribution is 0.0949. The SMILES string of the molecule is CCC(C)Sc1nnc(CNC(=O)c2ccc(OC)cc2)n1-c1ccccc1OC. The zero-order chi connectivity index (χ0) is 21.5. The lowest BCUT2D eigenvalue weighted by atomic mass is 10.2. The molecule has 158 valence electrons. The van der Waals surface area contributed by atoms with E-state index in [1.54, 1.807) is 50.2 Å². The molecule has 0 aliphatic heterocycles. The molecule has 0 bridgehead atoms. The number of carbonyl (C=O) groups excluding carboxylic acids is 1. The molecular weight excluding hydrogens is 400 g/mol. The van der Waals surface area contributed by atoms with Crippen molar-refractivity contribution in [1.29, 1.82) is 0 Å². The van der Waals surface area contributed by atoms with Crippen LogP contribution in [0.25, 0.3) is 5.69 Å². The standard InChI is InChI=1S/C22H26N4O3S/c1-5-15(2)30-22-25-24-20(26(22)18-8-6-7-9-19(18)29-4)14-23-21(27)16-10-12-17(28-3)13-11-16/h6-13,15H,5,14H2,1-4H3,(H,23,27). The molecule has 7 nitrogen and oxygen atoms in total. The van der Waals surface area contributed by atoms with E-state index in [0.29, 0.717) is 28.1 Å². The van der Waals surface area contributed by atoms with Gasteiger partial charge in [-0.05, 0) is 42.8 Å². The Morgan fingerprint density at radius 2 is 1.83 bits per heavy atom. The van der Waals surface area contributed by atoms with Crippen LogP contribution in [0.5, 0.6) is 11.5 Å². The van der Waals surface area contributed by atoms with Gasteiger partial charge >= 0.3 is 0 Å². The van der Waals surface area contributed by atoms with Crippen LogP contribution in [-0.2, 0) is 6.54 Å². The predicted molar refractivity (Wildman–Crippen MR) is 118 cm³/mol. The van der Waals surface area contributed by atoms with Gasteiger partial charge in [-0.1, -0.05) is 37.7 Å². The van der Waals surface area contributed by atoms with E-state index in [1.165, 1.54) is 0 Å². The van der Waals surface area contributed by atoms with Crippen molar-refractivity contribution < 1.29 is 14.3 Å². The van der Waals surface area contributed by atoms with Crippen molar-refractivity contribution in [2.45, 2.75) is 37.2 Å². The Labute approximate surface area is 180 Å². The third-order valence-electron chi connectivity index (χ3n) is 4.67. The van der Waals surface area contributed by atoms with Gasteiger partial charge in [-0.2, -0.15) is 0 Å². The molecule has 0 fully saturated rings. The summed E-state index contributed by atoms with van der Waals surface area (Å²) in [7, 11) is 3.23. The van der Waals surface area contributed by atoms with Crippen LogP contribution < -0.4 is 14.8 Å². The molecule has 1 unspecified atom stereocenters. The molecule has 0 aliphatic rings. The van der Waals surface area contributed by atoms with Gasteiger partial charge in [0.2, 0.25) is 0 Å². The van der Waals surface area contributed by atoms with Gasteiger partial charge < -0.3 is 14.8 Å². The predicted octanol–water partition coefficient (Wildman–Crippen LogP) is 4.11. The number of para-hydroxylation sites is 2. The van der Waals surface area contributed by atoms with Gasteiger partial charge in [0.25, 0.3) is 5.91 Å². The van der Waals surface area contributed by atoms with Crippen molar-refractivity contribution in [2.24, 2.45) is 0 Å². The van der Waals surface area contributed by atoms with Crippen LogP contribution in [0.2, 0.25) is 0 Å². The number of ether oxygens (including phenoxy) is 2. The molecule has 0 radical (unpaired) electrons. The van der Waals surface area contributed by atoms with E-state index < -0.39 is 0 Å². The maximum Gasteiger partial charge on any atom is 0.251 e. The van der Waals surface area contributed by atoms with Crippen molar-refractivity contribution in [3.63, 3.8) is 0 Å². The number of rotatable bonds is 9. The third-order valence-corrected chi connectivity index (χ3v) is 5.88. The van der Waals surface area contributed by atoms with Crippen LogP contribution >= 0.6 is 11.8 Å². The van der Waals surface area contributed by atoms with Crippen molar-refractivity contribution in [1.82, 2.24) is 20.1 Å². The molecule has 0 saturated carbocycles. The highest BCUT2D eigenvalue weighted by Crippen LogP contribution is 2.31. The molecule has 0 spiro atoms. The average Bonchev–Trinajstić information content (AvgIpc) is 3.19. The lowest BCUT2D eigenvalue weighted by Gasteiger charge is -2.15. The summed E-state index contributed by atoms with van der Waals surface area (Å²) in [5.74, 6) is 1.86. The van der Waals surface area contributed by atoms with E-state index in [0.717, 1.165) is 17.3 Å². The number of amides is 1. The number of nitrogens with one attached hydrogen (secondary N) is 1. The maximum atomic E-state index is 12.6. The number of hydrogen-bond donors (Lipinski definition) is 1. The largest absolute Gasteiger partial charge is 0.497 e. The van der Waals surface area contributed by atoms with Crippen molar-refractivity contribution >= 4 is 17.7 Å². The number of nitrogens with zero attached hydrogens (tertiary/aromatic N) is 3. The number of thioether (sulfide) groups is 1. The first-order valence-electron chi connectivity index (χ1n) is 9.74. The molecule has 1 atom stereocenters. The summed E-state index contributed by atoms with van der Waals surface area (Å²) in [5.41, 5.74) is 1.39. The molecule has 1 aromatic heterocycles. The maximum absolute atomic E-state index is 12.6. The molecule has 2 aromatic carbocycles. The minimum absolute atomic E-state index is 0.191. The van der Waals surface area contributed by atoms with E-state index >= 15 is 0 Å². The van der Waals surface area contributed by atoms with Crippen molar-refractivity contribution in [3.05, 3.63) is 59.9 Å². The van der Waals surface area contributed by atoms with Gasteiger partial charge in [0, 0.05) is 10.8 Å². The Balaban J connectivity index is 1.87. The molecule has 3 rings (SSSR count). The first kappa shape index (κ1) is 21.7. The zero-order valence-electron chi connectivity index (χ0n) is 17.6. The molecule has 8 heteroatoms. The summed E-state index contributed by atoms with van der Waals surface area (Å²) < 4.78 is 12.6. The van der Waals surface area contributed by atoms with Crippen LogP contribution in [0.15, 0.2) is 53.7 Å². The van der Waals surface area contributed by atoms with E-state index in [-0.39, 0.29) is 12.5 Å². The lowest BCUT2D eigenvalue weighted by Crippen LogP contribution is -2.24. The van der Waals surface area contributed by atoms with E-state index in [2.05, 4.69) is 29.4 Å². The Hall–Kier alpha value is -3.00. The first-order valence-corrected chi connectivity index (χ1v) is 10.6. The summed E-state index contributed by atoms with van der Waals surface area (Å²) in [6.45, 7) is 4.52. The normalized spacial score (nSPS) is 11.7. The first-order chi connectivity index (χ1) is 14.6. The van der Waals surface area contributed by atoms with Gasteiger partial charge in [-0.3, -0.25) is 9.36 Å². The van der Waals surface area contributed by atoms with Gasteiger partial charge in [0.1, 0.15) is 11.5 Å². The highest BCUT2D eigenvalue weighted by atomic mass is 32.2. The molecule has 0 saturated heterocycles. The van der Waals surface area contributed by atoms with Crippen LogP contribution in [0.4, 0.5) is 0 Å². The Morgan fingerprint density at radius 1 is 1.10 bits per heavy atom. The van der Waals surface area contributed by atoms with Crippen molar-refractivity contribution in [2.75, 3.05) is 14.2 Å². The van der Waals surface area contributed by atoms with Crippen molar-refractivity contribution in [3.8, 4) is 17.2 Å². The van der Waals surface area contributed by atoms with Gasteiger partial charge in [-0.15, -0.1) is 10.2 Å². The summed E-state index contributed by atoms with van der Waals surface area (Å²) in [4.78, 5) is 12.6. The summed E-state index contributed by atoms with van der Waals surface area (Å²) in [6.07, 6.45) is 1.01. The smallest absolute Gasteiger partial charge is 0.251 e. The molecule has 1 N–H and O–H groups in total. The number of aromatic nitrogens is 3. The summed E-state index contributed by atoms with van der Waals surface area (Å²) in [5, 5.41) is 12.8. The monoisotopic (exact) mass is 426 g/mol. The second-order valence-electron chi connectivity index (χ2n) is 6.65. The van der Waals surface area contributed by atoms with Gasteiger partial charge in [0.15, 0.2) is 11.0 Å². The fourth-order valence-corrected chi connectivity index (χ4v) is 3.74. The third kappa shape index (κ3) is 4.94. The molecule has 0 aliphatic carbocycles. The number of hydrogen-bond acceptors (Lipinski definition) is 6. The second-order valence-corrected chi connectivity index (χ2v) is 8.06. The van der Waals surface area contributed by atoms with E-state index in [9.17, 15) is 4.79 Å². The molecule has 3 aromatic rings. The molecule has 1 heterocycles. The van der Waals surface area contributed by atoms with Crippen LogP contribution in [0.1, 0.15) is 36.5 Å². The van der Waals surface area contributed by atoms with Crippen LogP contribution in [0.3, 0.4) is 0 Å². The quantitative estimate of drug-likeness (QED) is 0.519. The highest BCUT2D eigenvalue weighted by Gasteiger charge is 2.19. The fraction of sp³-hybridized carbons (Fsp3) is 0.318. The minimum Gasteiger partial charge on any atom is -0.497 e. The zero-order valence-corrected chi connectivity index (χ0v) is 18.4. The fourth-order valence-electron chi connectivity index (χ4n) is 2.81. The number of benzene rings is 2. The average molecular weight is 427 g/mol. The highest BCUT2D eigenvalue weighted by molar-refractivity contribution is 7.99. The second kappa shape index (κ2) is 10.2. The summed E-state index contributed by atoms with van der Waals surface area (Å²) in [6, 6.07) is 14.7. The Bertz CT molecular complexity index is 988. The van der Waals surface area contributed by atoms with Crippen LogP contribution in [-0.4, -0.2) is 40.1 Å². The molecule has 30 heavy (non-hydrogen) atoms. The summed E-state index contributed by atoms with van der Waals surface area (Å²) >= 11 is 1.65. The topological polar surface area (TPSA) is 78.3 Å². The number of carbonyl (C=O) groups is 1. The number of methoxy groups -OCH3 is 2. The molecular formula is C22H26N4O3S. The Kier molecular flexibility index (Phi) is 7.35. The van der Waals surface area contributed by atoms with E-state index in [4.69, 9.17) is 9.47 Å². The van der Waals surface area contributed by atoms with E-state index in [1.807, 2.05) is 28.8 Å². The van der Waals surface area contributed by atoms with Gasteiger partial charge in [-0.25, -0.2) is 0 Å². The molecule has 1 amide bonds. The minimum atomic E-state index is -0.191. The van der Waals surface area contributed by atoms with Gasteiger partial charge in [0.05, 0.1) is 26.5 Å². The Morgan fingerprint density at radius 3 is 2.50 bits per heavy atom. The van der Waals surface area contributed by atoms with Crippen LogP contribution in [0, 0.1) is 0 Å².